The van der Waals surface area contributed by atoms with Crippen LogP contribution in [0.15, 0.2) is 24.3 Å². The van der Waals surface area contributed by atoms with Gasteiger partial charge in [0.15, 0.2) is 6.61 Å². The Labute approximate surface area is 168 Å². The third kappa shape index (κ3) is 4.90. The molecule has 1 aromatic rings. The van der Waals surface area contributed by atoms with Crippen LogP contribution in [0.3, 0.4) is 0 Å². The molecule has 1 N–H and O–H groups in total. The van der Waals surface area contributed by atoms with Gasteiger partial charge in [0.2, 0.25) is 11.8 Å². The van der Waals surface area contributed by atoms with E-state index in [4.69, 9.17) is 16.3 Å². The first-order chi connectivity index (χ1) is 13.5. The SMILES string of the molecule is O=C(COC(=O)CN1C(=O)[C@H]2CCCC[C@@H]2C1=O)NCCc1cccc(Cl)c1. The van der Waals surface area contributed by atoms with E-state index in [2.05, 4.69) is 5.32 Å². The zero-order valence-corrected chi connectivity index (χ0v) is 16.2. The topological polar surface area (TPSA) is 92.8 Å². The van der Waals surface area contributed by atoms with Crippen LogP contribution >= 0.6 is 11.6 Å². The number of esters is 1. The molecule has 28 heavy (non-hydrogen) atoms. The second kappa shape index (κ2) is 9.19. The number of benzene rings is 1. The van der Waals surface area contributed by atoms with E-state index in [0.717, 1.165) is 23.3 Å². The first-order valence-corrected chi connectivity index (χ1v) is 9.85. The fraction of sp³-hybridized carbons (Fsp3) is 0.500. The highest BCUT2D eigenvalue weighted by Crippen LogP contribution is 2.37. The first kappa shape index (κ1) is 20.3. The van der Waals surface area contributed by atoms with E-state index in [0.29, 0.717) is 30.8 Å². The van der Waals surface area contributed by atoms with E-state index < -0.39 is 25.0 Å². The van der Waals surface area contributed by atoms with Gasteiger partial charge in [0, 0.05) is 11.6 Å². The van der Waals surface area contributed by atoms with E-state index in [1.165, 1.54) is 0 Å². The number of likely N-dealkylation sites (tertiary alicyclic amines) is 1. The Hall–Kier alpha value is -2.41. The summed E-state index contributed by atoms with van der Waals surface area (Å²) in [5, 5.41) is 3.28. The third-order valence-electron chi connectivity index (χ3n) is 5.21. The highest BCUT2D eigenvalue weighted by Gasteiger charge is 2.48. The molecule has 1 saturated carbocycles. The zero-order valence-electron chi connectivity index (χ0n) is 15.5. The van der Waals surface area contributed by atoms with Crippen LogP contribution in [0.2, 0.25) is 5.02 Å². The number of carbonyl (C=O) groups excluding carboxylic acids is 4. The van der Waals surface area contributed by atoms with Crippen LogP contribution in [0.5, 0.6) is 0 Å². The Kier molecular flexibility index (Phi) is 6.67. The van der Waals surface area contributed by atoms with E-state index in [1.807, 2.05) is 18.2 Å². The molecule has 0 aromatic heterocycles. The van der Waals surface area contributed by atoms with Crippen molar-refractivity contribution < 1.29 is 23.9 Å². The average Bonchev–Trinajstić information content (AvgIpc) is 2.92. The second-order valence-electron chi connectivity index (χ2n) is 7.15. The molecule has 3 amide bonds. The highest BCUT2D eigenvalue weighted by atomic mass is 35.5. The van der Waals surface area contributed by atoms with Crippen molar-refractivity contribution in [1.82, 2.24) is 10.2 Å². The molecule has 1 heterocycles. The van der Waals surface area contributed by atoms with E-state index >= 15 is 0 Å². The molecule has 0 spiro atoms. The summed E-state index contributed by atoms with van der Waals surface area (Å²) in [4.78, 5) is 49.4. The van der Waals surface area contributed by atoms with Crippen molar-refractivity contribution in [3.8, 4) is 0 Å². The largest absolute Gasteiger partial charge is 0.454 e. The summed E-state index contributed by atoms with van der Waals surface area (Å²) in [5.41, 5.74) is 0.984. The number of fused-ring (bicyclic) bond motifs is 1. The predicted octanol–water partition coefficient (Wildman–Crippen LogP) is 1.72. The lowest BCUT2D eigenvalue weighted by Crippen LogP contribution is -2.38. The standard InChI is InChI=1S/C20H23ClN2O5/c21-14-5-3-4-13(10-14)8-9-22-17(24)12-28-18(25)11-23-19(26)15-6-1-2-7-16(15)20(23)27/h3-5,10,15-16H,1-2,6-9,11-12H2,(H,22,24)/t15-,16-/m0/s1. The normalized spacial score (nSPS) is 21.4. The molecule has 1 aliphatic heterocycles. The maximum atomic E-state index is 12.3. The molecule has 1 aliphatic carbocycles. The van der Waals surface area contributed by atoms with Crippen molar-refractivity contribution in [3.05, 3.63) is 34.9 Å². The van der Waals surface area contributed by atoms with Crippen molar-refractivity contribution in [1.29, 1.82) is 0 Å². The molecular weight excluding hydrogens is 384 g/mol. The van der Waals surface area contributed by atoms with Gasteiger partial charge in [-0.2, -0.15) is 0 Å². The monoisotopic (exact) mass is 406 g/mol. The smallest absolute Gasteiger partial charge is 0.326 e. The van der Waals surface area contributed by atoms with Gasteiger partial charge in [-0.1, -0.05) is 36.6 Å². The Morgan fingerprint density at radius 2 is 1.82 bits per heavy atom. The maximum absolute atomic E-state index is 12.3. The molecule has 2 fully saturated rings. The van der Waals surface area contributed by atoms with Gasteiger partial charge in [-0.25, -0.2) is 0 Å². The van der Waals surface area contributed by atoms with E-state index in [-0.39, 0.29) is 23.7 Å². The number of ether oxygens (including phenoxy) is 1. The molecule has 150 valence electrons. The summed E-state index contributed by atoms with van der Waals surface area (Å²) >= 11 is 5.90. The summed E-state index contributed by atoms with van der Waals surface area (Å²) in [6, 6.07) is 7.32. The molecule has 8 heteroatoms. The van der Waals surface area contributed by atoms with Crippen LogP contribution in [-0.4, -0.2) is 48.3 Å². The first-order valence-electron chi connectivity index (χ1n) is 9.47. The van der Waals surface area contributed by atoms with Crippen LogP contribution in [0.1, 0.15) is 31.2 Å². The van der Waals surface area contributed by atoms with Crippen LogP contribution in [0.4, 0.5) is 0 Å². The van der Waals surface area contributed by atoms with Gasteiger partial charge >= 0.3 is 5.97 Å². The van der Waals surface area contributed by atoms with Gasteiger partial charge < -0.3 is 10.1 Å². The van der Waals surface area contributed by atoms with Crippen molar-refractivity contribution in [2.24, 2.45) is 11.8 Å². The number of rotatable bonds is 7. The third-order valence-corrected chi connectivity index (χ3v) is 5.44. The number of hydrogen-bond donors (Lipinski definition) is 1. The van der Waals surface area contributed by atoms with Gasteiger partial charge in [0.1, 0.15) is 6.54 Å². The highest BCUT2D eigenvalue weighted by molar-refractivity contribution is 6.30. The quantitative estimate of drug-likeness (QED) is 0.549. The Balaban J connectivity index is 1.38. The summed E-state index contributed by atoms with van der Waals surface area (Å²) in [6.45, 7) is -0.499. The van der Waals surface area contributed by atoms with Crippen LogP contribution in [-0.2, 0) is 30.3 Å². The molecule has 0 bridgehead atoms. The number of halogens is 1. The second-order valence-corrected chi connectivity index (χ2v) is 7.59. The lowest BCUT2D eigenvalue weighted by molar-refractivity contribution is -0.154. The number of carbonyl (C=O) groups is 4. The minimum absolute atomic E-state index is 0.294. The Bertz CT molecular complexity index is 758. The van der Waals surface area contributed by atoms with Crippen LogP contribution in [0, 0.1) is 11.8 Å². The van der Waals surface area contributed by atoms with Gasteiger partial charge in [-0.15, -0.1) is 0 Å². The Morgan fingerprint density at radius 3 is 2.46 bits per heavy atom. The summed E-state index contributed by atoms with van der Waals surface area (Å²) in [5.74, 6) is -2.39. The van der Waals surface area contributed by atoms with Crippen LogP contribution in [0.25, 0.3) is 0 Å². The zero-order chi connectivity index (χ0) is 20.1. The number of hydrogen-bond acceptors (Lipinski definition) is 5. The Morgan fingerprint density at radius 1 is 1.14 bits per heavy atom. The molecule has 2 atom stereocenters. The summed E-state index contributed by atoms with van der Waals surface area (Å²) in [6.07, 6.45) is 3.83. The van der Waals surface area contributed by atoms with Gasteiger partial charge in [0.25, 0.3) is 5.91 Å². The van der Waals surface area contributed by atoms with Crippen molar-refractivity contribution in [2.45, 2.75) is 32.1 Å². The number of nitrogens with one attached hydrogen (secondary N) is 1. The van der Waals surface area contributed by atoms with E-state index in [9.17, 15) is 19.2 Å². The lowest BCUT2D eigenvalue weighted by Gasteiger charge is -2.19. The van der Waals surface area contributed by atoms with Gasteiger partial charge in [-0.05, 0) is 37.0 Å². The van der Waals surface area contributed by atoms with Gasteiger partial charge in [-0.3, -0.25) is 24.1 Å². The number of imide groups is 1. The maximum Gasteiger partial charge on any atom is 0.326 e. The molecule has 1 saturated heterocycles. The number of amides is 3. The minimum atomic E-state index is -0.759. The summed E-state index contributed by atoms with van der Waals surface area (Å²) < 4.78 is 4.92. The number of nitrogens with zero attached hydrogens (tertiary/aromatic N) is 1. The van der Waals surface area contributed by atoms with Crippen molar-refractivity contribution in [2.75, 3.05) is 19.7 Å². The summed E-state index contributed by atoms with van der Waals surface area (Å²) in [7, 11) is 0. The molecular formula is C20H23ClN2O5. The van der Waals surface area contributed by atoms with Gasteiger partial charge in [0.05, 0.1) is 11.8 Å². The molecule has 1 aromatic carbocycles. The molecule has 0 unspecified atom stereocenters. The van der Waals surface area contributed by atoms with Crippen molar-refractivity contribution >= 4 is 35.3 Å². The molecule has 3 rings (SSSR count). The lowest BCUT2D eigenvalue weighted by atomic mass is 9.81. The fourth-order valence-electron chi connectivity index (χ4n) is 3.80. The fourth-order valence-corrected chi connectivity index (χ4v) is 4.01. The van der Waals surface area contributed by atoms with E-state index in [1.54, 1.807) is 6.07 Å². The molecule has 0 radical (unpaired) electrons. The van der Waals surface area contributed by atoms with Crippen molar-refractivity contribution in [3.63, 3.8) is 0 Å². The minimum Gasteiger partial charge on any atom is -0.454 e. The molecule has 2 aliphatic rings. The predicted molar refractivity (Wildman–Crippen MR) is 101 cm³/mol. The average molecular weight is 407 g/mol. The van der Waals surface area contributed by atoms with Crippen LogP contribution < -0.4 is 5.32 Å². The molecule has 7 nitrogen and oxygen atoms in total.